The molecule has 0 rings (SSSR count). The molecule has 0 aromatic heterocycles. The summed E-state index contributed by atoms with van der Waals surface area (Å²) in [6, 6.07) is 0. The summed E-state index contributed by atoms with van der Waals surface area (Å²) in [5.74, 6) is -2.84. The first-order valence-electron chi connectivity index (χ1n) is 4.36. The molecule has 0 amide bonds. The van der Waals surface area contributed by atoms with Crippen molar-refractivity contribution in [2.24, 2.45) is 0 Å². The maximum absolute atomic E-state index is 10.6. The van der Waals surface area contributed by atoms with E-state index in [1.54, 1.807) is 0 Å². The van der Waals surface area contributed by atoms with Gasteiger partial charge in [-0.25, -0.2) is 4.79 Å². The standard InChI is InChI=1S/C8H15NO6.Na.H/c1-5(10)9(6(2)11,3-7(12)13)4-8(14)15;;/h5-6,10-11H,3-4H2,1-2H3,(H-,12,13,14,15);;/q;+1;-1. The monoisotopic (exact) mass is 245 g/mol. The summed E-state index contributed by atoms with van der Waals surface area (Å²) < 4.78 is -0.877. The zero-order valence-electron chi connectivity index (χ0n) is 10.6. The van der Waals surface area contributed by atoms with E-state index in [2.05, 4.69) is 0 Å². The Labute approximate surface area is 117 Å². The molecule has 0 bridgehead atoms. The van der Waals surface area contributed by atoms with E-state index in [0.29, 0.717) is 0 Å². The van der Waals surface area contributed by atoms with Crippen LogP contribution in [0.15, 0.2) is 0 Å². The zero-order valence-corrected chi connectivity index (χ0v) is 11.6. The van der Waals surface area contributed by atoms with Crippen LogP contribution in [0.25, 0.3) is 0 Å². The number of carboxylic acid groups (broad SMARTS) is 2. The van der Waals surface area contributed by atoms with Crippen LogP contribution in [0.4, 0.5) is 0 Å². The van der Waals surface area contributed by atoms with Gasteiger partial charge in [0.1, 0.15) is 6.54 Å². The number of aliphatic carboxylic acids is 2. The summed E-state index contributed by atoms with van der Waals surface area (Å²) in [6.45, 7) is 0.988. The molecule has 0 aliphatic carbocycles. The quantitative estimate of drug-likeness (QED) is 0.244. The first-order chi connectivity index (χ1) is 6.72. The average Bonchev–Trinajstić information content (AvgIpc) is 1.99. The van der Waals surface area contributed by atoms with Crippen LogP contribution in [-0.4, -0.2) is 57.3 Å². The number of aliphatic hydroxyl groups excluding tert-OH is 2. The van der Waals surface area contributed by atoms with E-state index >= 15 is 0 Å². The van der Waals surface area contributed by atoms with Crippen molar-refractivity contribution in [2.45, 2.75) is 26.3 Å². The Bertz CT molecular complexity index is 234. The second kappa shape index (κ2) is 7.21. The predicted octanol–water partition coefficient (Wildman–Crippen LogP) is -5.57. The molecule has 0 saturated carbocycles. The van der Waals surface area contributed by atoms with E-state index in [1.165, 1.54) is 13.8 Å². The number of carbonyl (C=O) groups excluding carboxylic acids is 1. The van der Waals surface area contributed by atoms with Gasteiger partial charge in [0.2, 0.25) is 0 Å². The van der Waals surface area contributed by atoms with Crippen LogP contribution in [0.5, 0.6) is 0 Å². The minimum absolute atomic E-state index is 0. The summed E-state index contributed by atoms with van der Waals surface area (Å²) in [5.41, 5.74) is 0. The van der Waals surface area contributed by atoms with Crippen LogP contribution in [0.3, 0.4) is 0 Å². The first kappa shape index (κ1) is 18.2. The summed E-state index contributed by atoms with van der Waals surface area (Å²) >= 11 is 0. The Kier molecular flexibility index (Phi) is 8.19. The molecule has 2 unspecified atom stereocenters. The predicted molar refractivity (Wildman–Crippen MR) is 47.1 cm³/mol. The van der Waals surface area contributed by atoms with E-state index in [1.807, 2.05) is 0 Å². The fraction of sp³-hybridized carbons (Fsp3) is 0.750. The molecular formula is C8H16NNaO6. The zero-order chi connectivity index (χ0) is 12.2. The second-order valence-electron chi connectivity index (χ2n) is 3.45. The van der Waals surface area contributed by atoms with E-state index in [-0.39, 0.29) is 31.0 Å². The van der Waals surface area contributed by atoms with Crippen molar-refractivity contribution in [2.75, 3.05) is 13.1 Å². The van der Waals surface area contributed by atoms with Gasteiger partial charge >= 0.3 is 35.5 Å². The molecule has 0 radical (unpaired) electrons. The molecule has 2 atom stereocenters. The maximum atomic E-state index is 10.6. The molecule has 0 saturated heterocycles. The third kappa shape index (κ3) is 4.77. The Morgan fingerprint density at radius 3 is 1.81 bits per heavy atom. The number of quaternary nitrogens is 1. The number of aliphatic hydroxyl groups is 2. The number of nitrogens with zero attached hydrogens (tertiary/aromatic N) is 1. The Morgan fingerprint density at radius 2 is 1.62 bits per heavy atom. The van der Waals surface area contributed by atoms with Gasteiger partial charge in [0.05, 0.1) is 5.97 Å². The molecule has 0 fully saturated rings. The largest absolute Gasteiger partial charge is 1.00 e. The van der Waals surface area contributed by atoms with Crippen LogP contribution >= 0.6 is 0 Å². The van der Waals surface area contributed by atoms with Crippen molar-refractivity contribution in [1.82, 2.24) is 0 Å². The molecule has 0 heterocycles. The summed E-state index contributed by atoms with van der Waals surface area (Å²) in [6.07, 6.45) is -2.64. The van der Waals surface area contributed by atoms with Gasteiger partial charge in [-0.3, -0.25) is 4.48 Å². The molecule has 8 heteroatoms. The molecule has 0 spiro atoms. The van der Waals surface area contributed by atoms with Gasteiger partial charge in [-0.2, -0.15) is 0 Å². The maximum Gasteiger partial charge on any atom is 1.00 e. The van der Waals surface area contributed by atoms with Gasteiger partial charge in [0.15, 0.2) is 19.0 Å². The SMILES string of the molecule is CC(O)[N+](CC(=O)[O-])(CC(=O)O)C(C)O.[H-].[Na+]. The van der Waals surface area contributed by atoms with E-state index in [0.717, 1.165) is 0 Å². The van der Waals surface area contributed by atoms with Crippen LogP contribution in [0.2, 0.25) is 0 Å². The molecule has 0 aliphatic heterocycles. The molecule has 0 aliphatic rings. The minimum atomic E-state index is -1.53. The molecular weight excluding hydrogens is 229 g/mol. The second-order valence-corrected chi connectivity index (χ2v) is 3.45. The topological polar surface area (TPSA) is 118 Å². The van der Waals surface area contributed by atoms with Crippen molar-refractivity contribution < 1.29 is 65.5 Å². The minimum Gasteiger partial charge on any atom is -1.00 e. The van der Waals surface area contributed by atoms with Gasteiger partial charge in [0, 0.05) is 13.8 Å². The molecule has 90 valence electrons. The summed E-state index contributed by atoms with van der Waals surface area (Å²) in [7, 11) is 0. The van der Waals surface area contributed by atoms with Crippen LogP contribution in [0, 0.1) is 0 Å². The van der Waals surface area contributed by atoms with Crippen molar-refractivity contribution in [3.8, 4) is 0 Å². The third-order valence-electron chi connectivity index (χ3n) is 2.34. The fourth-order valence-corrected chi connectivity index (χ4v) is 1.39. The summed E-state index contributed by atoms with van der Waals surface area (Å²) in [5, 5.41) is 37.8. The van der Waals surface area contributed by atoms with Gasteiger partial charge in [-0.1, -0.05) is 0 Å². The van der Waals surface area contributed by atoms with Crippen molar-refractivity contribution in [1.29, 1.82) is 0 Å². The van der Waals surface area contributed by atoms with Crippen molar-refractivity contribution >= 4 is 11.9 Å². The molecule has 7 nitrogen and oxygen atoms in total. The van der Waals surface area contributed by atoms with E-state index < -0.39 is 42.0 Å². The number of carboxylic acids is 2. The molecule has 16 heavy (non-hydrogen) atoms. The van der Waals surface area contributed by atoms with Gasteiger partial charge < -0.3 is 26.6 Å². The number of hydrogen-bond donors (Lipinski definition) is 3. The third-order valence-corrected chi connectivity index (χ3v) is 2.34. The summed E-state index contributed by atoms with van der Waals surface area (Å²) in [4.78, 5) is 21.0. The van der Waals surface area contributed by atoms with Crippen LogP contribution < -0.4 is 34.7 Å². The van der Waals surface area contributed by atoms with Crippen LogP contribution in [-0.2, 0) is 9.59 Å². The Morgan fingerprint density at radius 1 is 1.25 bits per heavy atom. The van der Waals surface area contributed by atoms with Gasteiger partial charge in [0.25, 0.3) is 0 Å². The van der Waals surface area contributed by atoms with E-state index in [9.17, 15) is 24.9 Å². The molecule has 0 aromatic carbocycles. The number of carbonyl (C=O) groups is 2. The van der Waals surface area contributed by atoms with Gasteiger partial charge in [-0.05, 0) is 0 Å². The van der Waals surface area contributed by atoms with Crippen molar-refractivity contribution in [3.05, 3.63) is 0 Å². The Balaban J connectivity index is -0.000000980. The van der Waals surface area contributed by atoms with Crippen LogP contribution in [0.1, 0.15) is 15.3 Å². The smallest absolute Gasteiger partial charge is 1.00 e. The molecule has 0 aromatic rings. The fourth-order valence-electron chi connectivity index (χ4n) is 1.39. The van der Waals surface area contributed by atoms with Crippen molar-refractivity contribution in [3.63, 3.8) is 0 Å². The number of hydrogen-bond acceptors (Lipinski definition) is 5. The normalized spacial score (nSPS) is 17.8. The Hall–Kier alpha value is -0.180. The number of rotatable bonds is 6. The van der Waals surface area contributed by atoms with E-state index in [4.69, 9.17) is 5.11 Å². The molecule has 3 N–H and O–H groups in total. The first-order valence-corrected chi connectivity index (χ1v) is 4.36. The van der Waals surface area contributed by atoms with Gasteiger partial charge in [-0.15, -0.1) is 0 Å². The average molecular weight is 245 g/mol.